The second-order valence-corrected chi connectivity index (χ2v) is 7.03. The molecule has 0 saturated heterocycles. The number of anilines is 1. The number of hydrogen-bond acceptors (Lipinski definition) is 8. The number of thioether (sulfide) groups is 1. The Balaban J connectivity index is 1.43. The lowest BCUT2D eigenvalue weighted by Crippen LogP contribution is -2.13. The molecule has 0 aliphatic carbocycles. The van der Waals surface area contributed by atoms with E-state index in [-0.39, 0.29) is 30.3 Å². The van der Waals surface area contributed by atoms with E-state index in [1.165, 1.54) is 23.9 Å². The molecular weight excluding hydrogens is 396 g/mol. The number of nitrogens with one attached hydrogen (secondary N) is 1. The highest BCUT2D eigenvalue weighted by atomic mass is 32.2. The SMILES string of the molecule is Cc1ccc(OCc2nnc(SCCC(=O)Nc3ccccc3[N+](=O)[O-])o2)cc1. The maximum Gasteiger partial charge on any atom is 0.292 e. The van der Waals surface area contributed by atoms with Crippen LogP contribution in [0, 0.1) is 17.0 Å². The van der Waals surface area contributed by atoms with Gasteiger partial charge in [0.05, 0.1) is 4.92 Å². The standard InChI is InChI=1S/C19H18N4O5S/c1-13-6-8-14(9-7-13)27-12-18-21-22-19(28-18)29-11-10-17(24)20-15-4-2-3-5-16(15)23(25)26/h2-9H,10-12H2,1H3,(H,20,24). The monoisotopic (exact) mass is 414 g/mol. The van der Waals surface area contributed by atoms with Crippen LogP contribution in [0.4, 0.5) is 11.4 Å². The van der Waals surface area contributed by atoms with Crippen LogP contribution in [0.25, 0.3) is 0 Å². The molecule has 3 rings (SSSR count). The second kappa shape index (κ2) is 9.69. The molecule has 1 aromatic heterocycles. The molecule has 29 heavy (non-hydrogen) atoms. The lowest BCUT2D eigenvalue weighted by Gasteiger charge is -2.05. The molecule has 0 bridgehead atoms. The topological polar surface area (TPSA) is 120 Å². The third-order valence-corrected chi connectivity index (χ3v) is 4.58. The first-order valence-electron chi connectivity index (χ1n) is 8.69. The fourth-order valence-electron chi connectivity index (χ4n) is 2.32. The first-order valence-corrected chi connectivity index (χ1v) is 9.68. The molecule has 150 valence electrons. The molecule has 0 radical (unpaired) electrons. The van der Waals surface area contributed by atoms with E-state index in [9.17, 15) is 14.9 Å². The Labute approximate surface area is 170 Å². The van der Waals surface area contributed by atoms with Gasteiger partial charge < -0.3 is 14.5 Å². The third kappa shape index (κ3) is 6.04. The molecule has 1 amide bonds. The number of para-hydroxylation sites is 2. The van der Waals surface area contributed by atoms with Crippen LogP contribution in [0.5, 0.6) is 5.75 Å². The van der Waals surface area contributed by atoms with Crippen LogP contribution in [0.15, 0.2) is 58.2 Å². The molecule has 0 unspecified atom stereocenters. The number of rotatable bonds is 9. The van der Waals surface area contributed by atoms with Gasteiger partial charge in [-0.1, -0.05) is 41.6 Å². The van der Waals surface area contributed by atoms with E-state index in [0.717, 1.165) is 5.56 Å². The number of amides is 1. The fraction of sp³-hybridized carbons (Fsp3) is 0.211. The predicted octanol–water partition coefficient (Wildman–Crippen LogP) is 3.99. The number of nitrogens with zero attached hydrogens (tertiary/aromatic N) is 3. The minimum Gasteiger partial charge on any atom is -0.484 e. The molecular formula is C19H18N4O5S. The Kier molecular flexibility index (Phi) is 6.80. The molecule has 0 aliphatic heterocycles. The van der Waals surface area contributed by atoms with Crippen LogP contribution in [-0.2, 0) is 11.4 Å². The van der Waals surface area contributed by atoms with Gasteiger partial charge in [-0.15, -0.1) is 10.2 Å². The number of carbonyl (C=O) groups is 1. The highest BCUT2D eigenvalue weighted by molar-refractivity contribution is 7.99. The summed E-state index contributed by atoms with van der Waals surface area (Å²) in [5.74, 6) is 1.08. The predicted molar refractivity (Wildman–Crippen MR) is 107 cm³/mol. The molecule has 0 saturated carbocycles. The highest BCUT2D eigenvalue weighted by Crippen LogP contribution is 2.24. The number of aromatic nitrogens is 2. The van der Waals surface area contributed by atoms with E-state index in [0.29, 0.717) is 22.6 Å². The summed E-state index contributed by atoms with van der Waals surface area (Å²) >= 11 is 1.22. The maximum atomic E-state index is 12.0. The van der Waals surface area contributed by atoms with Gasteiger partial charge in [-0.25, -0.2) is 0 Å². The summed E-state index contributed by atoms with van der Waals surface area (Å²) < 4.78 is 11.0. The minimum atomic E-state index is -0.539. The largest absolute Gasteiger partial charge is 0.484 e. The third-order valence-electron chi connectivity index (χ3n) is 3.76. The van der Waals surface area contributed by atoms with E-state index in [1.54, 1.807) is 12.1 Å². The molecule has 0 aliphatic rings. The number of ether oxygens (including phenoxy) is 1. The van der Waals surface area contributed by atoms with Gasteiger partial charge in [0.1, 0.15) is 11.4 Å². The lowest BCUT2D eigenvalue weighted by molar-refractivity contribution is -0.383. The molecule has 2 aromatic carbocycles. The van der Waals surface area contributed by atoms with Crippen molar-refractivity contribution in [1.29, 1.82) is 0 Å². The van der Waals surface area contributed by atoms with Gasteiger partial charge in [-0.2, -0.15) is 0 Å². The zero-order chi connectivity index (χ0) is 20.6. The van der Waals surface area contributed by atoms with E-state index in [2.05, 4.69) is 15.5 Å². The summed E-state index contributed by atoms with van der Waals surface area (Å²) in [6.45, 7) is 2.14. The molecule has 0 fully saturated rings. The van der Waals surface area contributed by atoms with Crippen LogP contribution in [0.2, 0.25) is 0 Å². The van der Waals surface area contributed by atoms with Crippen molar-refractivity contribution in [2.75, 3.05) is 11.1 Å². The van der Waals surface area contributed by atoms with Crippen LogP contribution < -0.4 is 10.1 Å². The van der Waals surface area contributed by atoms with E-state index >= 15 is 0 Å². The van der Waals surface area contributed by atoms with Crippen LogP contribution in [0.1, 0.15) is 17.9 Å². The molecule has 1 N–H and O–H groups in total. The van der Waals surface area contributed by atoms with E-state index in [4.69, 9.17) is 9.15 Å². The summed E-state index contributed by atoms with van der Waals surface area (Å²) in [5.41, 5.74) is 1.16. The first-order chi connectivity index (χ1) is 14.0. The zero-order valence-corrected chi connectivity index (χ0v) is 16.3. The Morgan fingerprint density at radius 3 is 2.72 bits per heavy atom. The molecule has 0 atom stereocenters. The van der Waals surface area contributed by atoms with Crippen LogP contribution in [0.3, 0.4) is 0 Å². The number of carbonyl (C=O) groups excluding carboxylic acids is 1. The Bertz CT molecular complexity index is 990. The summed E-state index contributed by atoms with van der Waals surface area (Å²) in [5, 5.41) is 21.7. The lowest BCUT2D eigenvalue weighted by atomic mass is 10.2. The van der Waals surface area contributed by atoms with Crippen LogP contribution >= 0.6 is 11.8 Å². The normalized spacial score (nSPS) is 10.5. The van der Waals surface area contributed by atoms with Crippen molar-refractivity contribution in [1.82, 2.24) is 10.2 Å². The maximum absolute atomic E-state index is 12.0. The van der Waals surface area contributed by atoms with Gasteiger partial charge in [0.15, 0.2) is 6.61 Å². The Morgan fingerprint density at radius 2 is 1.97 bits per heavy atom. The Morgan fingerprint density at radius 1 is 1.21 bits per heavy atom. The highest BCUT2D eigenvalue weighted by Gasteiger charge is 2.15. The minimum absolute atomic E-state index is 0.133. The molecule has 0 spiro atoms. The average molecular weight is 414 g/mol. The van der Waals surface area contributed by atoms with Crippen molar-refractivity contribution < 1.29 is 18.9 Å². The summed E-state index contributed by atoms with van der Waals surface area (Å²) in [4.78, 5) is 22.5. The van der Waals surface area contributed by atoms with Crippen molar-refractivity contribution in [3.63, 3.8) is 0 Å². The molecule has 3 aromatic rings. The number of benzene rings is 2. The summed E-state index contributed by atoms with van der Waals surface area (Å²) in [7, 11) is 0. The van der Waals surface area contributed by atoms with E-state index in [1.807, 2.05) is 31.2 Å². The first kappa shape index (κ1) is 20.3. The number of aryl methyl sites for hydroxylation is 1. The van der Waals surface area contributed by atoms with E-state index < -0.39 is 4.92 Å². The van der Waals surface area contributed by atoms with Gasteiger partial charge >= 0.3 is 0 Å². The fourth-order valence-corrected chi connectivity index (χ4v) is 3.03. The van der Waals surface area contributed by atoms with Crippen molar-refractivity contribution in [3.05, 3.63) is 70.1 Å². The van der Waals surface area contributed by atoms with Gasteiger partial charge in [-0.3, -0.25) is 14.9 Å². The zero-order valence-electron chi connectivity index (χ0n) is 15.5. The molecule has 10 heteroatoms. The summed E-state index contributed by atoms with van der Waals surface area (Å²) in [6, 6.07) is 13.6. The van der Waals surface area contributed by atoms with Crippen molar-refractivity contribution in [2.24, 2.45) is 0 Å². The second-order valence-electron chi connectivity index (χ2n) is 5.98. The summed E-state index contributed by atoms with van der Waals surface area (Å²) in [6.07, 6.45) is 0.133. The van der Waals surface area contributed by atoms with Gasteiger partial charge in [0.2, 0.25) is 5.91 Å². The number of nitro benzene ring substituents is 1. The van der Waals surface area contributed by atoms with Gasteiger partial charge in [0.25, 0.3) is 16.8 Å². The van der Waals surface area contributed by atoms with Crippen molar-refractivity contribution in [3.8, 4) is 5.75 Å². The molecule has 1 heterocycles. The van der Waals surface area contributed by atoms with Gasteiger partial charge in [-0.05, 0) is 25.1 Å². The molecule has 9 nitrogen and oxygen atoms in total. The van der Waals surface area contributed by atoms with Crippen molar-refractivity contribution >= 4 is 29.0 Å². The van der Waals surface area contributed by atoms with Crippen molar-refractivity contribution in [2.45, 2.75) is 25.2 Å². The average Bonchev–Trinajstić information content (AvgIpc) is 3.15. The quantitative estimate of drug-likeness (QED) is 0.317. The number of nitro groups is 1. The Hall–Kier alpha value is -3.40. The smallest absolute Gasteiger partial charge is 0.292 e. The number of hydrogen-bond donors (Lipinski definition) is 1. The van der Waals surface area contributed by atoms with Crippen LogP contribution in [-0.4, -0.2) is 26.8 Å². The van der Waals surface area contributed by atoms with Gasteiger partial charge in [0, 0.05) is 18.2 Å².